The maximum Gasteiger partial charge on any atom is 0.161 e. The predicted octanol–water partition coefficient (Wildman–Crippen LogP) is 1.92. The van der Waals surface area contributed by atoms with Gasteiger partial charge < -0.3 is 10.2 Å². The fraction of sp³-hybridized carbons (Fsp3) is 0. The van der Waals surface area contributed by atoms with Crippen molar-refractivity contribution in [1.82, 2.24) is 15.2 Å². The van der Waals surface area contributed by atoms with Crippen molar-refractivity contribution in [3.05, 3.63) is 36.0 Å². The minimum absolute atomic E-state index is 0.528. The molecule has 0 aliphatic heterocycles. The highest BCUT2D eigenvalue weighted by atomic mass is 16.4. The van der Waals surface area contributed by atoms with Gasteiger partial charge in [-0.15, -0.1) is 10.2 Å². The smallest absolute Gasteiger partial charge is 0.161 e. The highest BCUT2D eigenvalue weighted by Gasteiger charge is 2.05. The molecule has 5 nitrogen and oxygen atoms in total. The fourth-order valence-corrected chi connectivity index (χ4v) is 1.78. The van der Waals surface area contributed by atoms with E-state index in [0.717, 1.165) is 21.9 Å². The van der Waals surface area contributed by atoms with E-state index in [1.807, 2.05) is 30.3 Å². The SMILES string of the molecule is O/N=C/c1cc2c(nn1)[nH]c1ccccc12. The van der Waals surface area contributed by atoms with Gasteiger partial charge in [0, 0.05) is 16.3 Å². The van der Waals surface area contributed by atoms with E-state index >= 15 is 0 Å². The molecule has 2 aromatic heterocycles. The fourth-order valence-electron chi connectivity index (χ4n) is 1.78. The lowest BCUT2D eigenvalue weighted by molar-refractivity contribution is 0.321. The van der Waals surface area contributed by atoms with Crippen molar-refractivity contribution in [2.75, 3.05) is 0 Å². The normalized spacial score (nSPS) is 11.8. The van der Waals surface area contributed by atoms with Crippen molar-refractivity contribution in [1.29, 1.82) is 0 Å². The van der Waals surface area contributed by atoms with Gasteiger partial charge in [-0.3, -0.25) is 0 Å². The van der Waals surface area contributed by atoms with Gasteiger partial charge in [-0.2, -0.15) is 0 Å². The van der Waals surface area contributed by atoms with E-state index in [-0.39, 0.29) is 0 Å². The molecule has 0 radical (unpaired) electrons. The predicted molar refractivity (Wildman–Crippen MR) is 60.8 cm³/mol. The number of hydrogen-bond donors (Lipinski definition) is 2. The Kier molecular flexibility index (Phi) is 1.83. The maximum atomic E-state index is 8.45. The number of para-hydroxylation sites is 1. The Hall–Kier alpha value is -2.43. The molecule has 0 atom stereocenters. The molecule has 3 aromatic rings. The van der Waals surface area contributed by atoms with E-state index in [9.17, 15) is 0 Å². The molecule has 0 amide bonds. The van der Waals surface area contributed by atoms with E-state index in [1.165, 1.54) is 6.21 Å². The molecule has 0 aliphatic rings. The first-order valence-electron chi connectivity index (χ1n) is 4.80. The summed E-state index contributed by atoms with van der Waals surface area (Å²) in [6, 6.07) is 9.75. The van der Waals surface area contributed by atoms with E-state index in [2.05, 4.69) is 20.3 Å². The third-order valence-electron chi connectivity index (χ3n) is 2.47. The van der Waals surface area contributed by atoms with Crippen LogP contribution in [-0.2, 0) is 0 Å². The Labute approximate surface area is 90.4 Å². The Bertz CT molecular complexity index is 687. The third kappa shape index (κ3) is 1.22. The van der Waals surface area contributed by atoms with Gasteiger partial charge in [0.25, 0.3) is 0 Å². The lowest BCUT2D eigenvalue weighted by Crippen LogP contribution is -1.90. The number of rotatable bonds is 1. The zero-order valence-electron chi connectivity index (χ0n) is 8.25. The average Bonchev–Trinajstić information content (AvgIpc) is 2.68. The molecule has 5 heteroatoms. The quantitative estimate of drug-likeness (QED) is 0.367. The molecule has 0 bridgehead atoms. The molecule has 0 aliphatic carbocycles. The number of H-pyrrole nitrogens is 1. The first kappa shape index (κ1) is 8.84. The lowest BCUT2D eigenvalue weighted by Gasteiger charge is -1.91. The molecule has 16 heavy (non-hydrogen) atoms. The summed E-state index contributed by atoms with van der Waals surface area (Å²) < 4.78 is 0. The maximum absolute atomic E-state index is 8.45. The van der Waals surface area contributed by atoms with E-state index < -0.39 is 0 Å². The third-order valence-corrected chi connectivity index (χ3v) is 2.47. The Morgan fingerprint density at radius 1 is 1.19 bits per heavy atom. The minimum Gasteiger partial charge on any atom is -0.411 e. The van der Waals surface area contributed by atoms with Crippen molar-refractivity contribution >= 4 is 28.2 Å². The molecule has 0 fully saturated rings. The molecule has 2 N–H and O–H groups in total. The van der Waals surface area contributed by atoms with Gasteiger partial charge in [0.1, 0.15) is 5.69 Å². The zero-order chi connectivity index (χ0) is 11.0. The number of hydrogen-bond acceptors (Lipinski definition) is 4. The average molecular weight is 212 g/mol. The number of fused-ring (bicyclic) bond motifs is 3. The monoisotopic (exact) mass is 212 g/mol. The van der Waals surface area contributed by atoms with Crippen molar-refractivity contribution < 1.29 is 5.21 Å². The summed E-state index contributed by atoms with van der Waals surface area (Å²) >= 11 is 0. The summed E-state index contributed by atoms with van der Waals surface area (Å²) in [6.07, 6.45) is 1.26. The molecule has 2 heterocycles. The summed E-state index contributed by atoms with van der Waals surface area (Å²) in [7, 11) is 0. The van der Waals surface area contributed by atoms with Gasteiger partial charge in [0.2, 0.25) is 0 Å². The van der Waals surface area contributed by atoms with Crippen LogP contribution in [0.2, 0.25) is 0 Å². The molecule has 3 rings (SSSR count). The summed E-state index contributed by atoms with van der Waals surface area (Å²) in [5.41, 5.74) is 2.28. The molecule has 0 saturated heterocycles. The second-order valence-corrected chi connectivity index (χ2v) is 3.45. The number of benzene rings is 1. The van der Waals surface area contributed by atoms with Gasteiger partial charge in [-0.25, -0.2) is 0 Å². The molecule has 0 unspecified atom stereocenters. The highest BCUT2D eigenvalue weighted by molar-refractivity contribution is 6.06. The zero-order valence-corrected chi connectivity index (χ0v) is 8.25. The van der Waals surface area contributed by atoms with Gasteiger partial charge in [0.15, 0.2) is 5.65 Å². The largest absolute Gasteiger partial charge is 0.411 e. The summed E-state index contributed by atoms with van der Waals surface area (Å²) in [4.78, 5) is 3.17. The standard InChI is InChI=1S/C11H8N4O/c16-12-6-7-5-9-8-3-1-2-4-10(8)13-11(9)15-14-7/h1-6,16H,(H,13,15)/b12-6+. The minimum atomic E-state index is 0.528. The highest BCUT2D eigenvalue weighted by Crippen LogP contribution is 2.23. The van der Waals surface area contributed by atoms with E-state index in [4.69, 9.17) is 5.21 Å². The topological polar surface area (TPSA) is 74.2 Å². The number of aromatic amines is 1. The van der Waals surface area contributed by atoms with Crippen molar-refractivity contribution in [2.24, 2.45) is 5.16 Å². The number of nitrogens with one attached hydrogen (secondary N) is 1. The molecular formula is C11H8N4O. The number of nitrogens with zero attached hydrogens (tertiary/aromatic N) is 3. The van der Waals surface area contributed by atoms with Crippen LogP contribution in [0.5, 0.6) is 0 Å². The second kappa shape index (κ2) is 3.30. The molecular weight excluding hydrogens is 204 g/mol. The van der Waals surface area contributed by atoms with Gasteiger partial charge in [0.05, 0.1) is 6.21 Å². The second-order valence-electron chi connectivity index (χ2n) is 3.45. The Balaban J connectivity index is 2.39. The van der Waals surface area contributed by atoms with Crippen LogP contribution in [0.4, 0.5) is 0 Å². The van der Waals surface area contributed by atoms with Gasteiger partial charge in [-0.05, 0) is 12.1 Å². The number of oxime groups is 1. The number of aromatic nitrogens is 3. The van der Waals surface area contributed by atoms with Crippen LogP contribution >= 0.6 is 0 Å². The Morgan fingerprint density at radius 2 is 2.06 bits per heavy atom. The van der Waals surface area contributed by atoms with E-state index in [0.29, 0.717) is 5.69 Å². The van der Waals surface area contributed by atoms with Crippen LogP contribution < -0.4 is 0 Å². The van der Waals surface area contributed by atoms with Crippen LogP contribution in [0, 0.1) is 0 Å². The van der Waals surface area contributed by atoms with Crippen molar-refractivity contribution in [3.8, 4) is 0 Å². The molecule has 78 valence electrons. The molecule has 0 saturated carbocycles. The lowest BCUT2D eigenvalue weighted by atomic mass is 10.2. The Morgan fingerprint density at radius 3 is 2.94 bits per heavy atom. The van der Waals surface area contributed by atoms with Gasteiger partial charge >= 0.3 is 0 Å². The van der Waals surface area contributed by atoms with Crippen LogP contribution in [0.1, 0.15) is 5.69 Å². The first-order chi connectivity index (χ1) is 7.88. The van der Waals surface area contributed by atoms with Crippen LogP contribution in [0.25, 0.3) is 21.9 Å². The van der Waals surface area contributed by atoms with Crippen molar-refractivity contribution in [2.45, 2.75) is 0 Å². The summed E-state index contributed by atoms with van der Waals surface area (Å²) in [5, 5.41) is 21.4. The van der Waals surface area contributed by atoms with Crippen molar-refractivity contribution in [3.63, 3.8) is 0 Å². The summed E-state index contributed by atoms with van der Waals surface area (Å²) in [6.45, 7) is 0. The first-order valence-corrected chi connectivity index (χ1v) is 4.80. The molecule has 1 aromatic carbocycles. The summed E-state index contributed by atoms with van der Waals surface area (Å²) in [5.74, 6) is 0. The van der Waals surface area contributed by atoms with Crippen LogP contribution in [0.15, 0.2) is 35.5 Å². The van der Waals surface area contributed by atoms with Crippen LogP contribution in [0.3, 0.4) is 0 Å². The van der Waals surface area contributed by atoms with Crippen LogP contribution in [-0.4, -0.2) is 26.6 Å². The van der Waals surface area contributed by atoms with E-state index in [1.54, 1.807) is 0 Å². The van der Waals surface area contributed by atoms with Gasteiger partial charge in [-0.1, -0.05) is 23.4 Å². The molecule has 0 spiro atoms.